The van der Waals surface area contributed by atoms with Crippen molar-refractivity contribution in [3.05, 3.63) is 69.2 Å². The Labute approximate surface area is 167 Å². The van der Waals surface area contributed by atoms with Crippen molar-refractivity contribution in [2.75, 3.05) is 26.3 Å². The molecule has 1 amide bonds. The Balaban J connectivity index is 1.37. The molecular formula is C22H23N3O4. The number of fused-ring (bicyclic) bond motifs is 2. The number of nitrogens with zero attached hydrogens (tertiary/aromatic N) is 2. The minimum Gasteiger partial charge on any atom is -0.408 e. The minimum absolute atomic E-state index is 0.00364. The van der Waals surface area contributed by atoms with Crippen LogP contribution in [-0.4, -0.2) is 47.0 Å². The van der Waals surface area contributed by atoms with Gasteiger partial charge in [0, 0.05) is 31.7 Å². The van der Waals surface area contributed by atoms with Gasteiger partial charge in [-0.25, -0.2) is 4.79 Å². The maximum absolute atomic E-state index is 13.0. The Hall–Kier alpha value is -2.90. The number of benzene rings is 2. The summed E-state index contributed by atoms with van der Waals surface area (Å²) in [6.45, 7) is 6.85. The summed E-state index contributed by atoms with van der Waals surface area (Å²) in [6, 6.07) is 11.7. The monoisotopic (exact) mass is 393 g/mol. The van der Waals surface area contributed by atoms with E-state index in [1.54, 1.807) is 0 Å². The normalized spacial score (nSPS) is 19.8. The van der Waals surface area contributed by atoms with Crippen molar-refractivity contribution < 1.29 is 13.9 Å². The molecule has 0 spiro atoms. The van der Waals surface area contributed by atoms with E-state index < -0.39 is 5.76 Å². The third-order valence-corrected chi connectivity index (χ3v) is 5.87. The van der Waals surface area contributed by atoms with Crippen LogP contribution in [0.3, 0.4) is 0 Å². The number of aromatic nitrogens is 1. The predicted octanol–water partition coefficient (Wildman–Crippen LogP) is 2.67. The van der Waals surface area contributed by atoms with Crippen molar-refractivity contribution in [2.24, 2.45) is 0 Å². The number of nitrogens with one attached hydrogen (secondary N) is 1. The van der Waals surface area contributed by atoms with Crippen LogP contribution in [0.1, 0.15) is 40.0 Å². The fourth-order valence-corrected chi connectivity index (χ4v) is 4.26. The lowest BCUT2D eigenvalue weighted by Crippen LogP contribution is -2.35. The molecule has 0 radical (unpaired) electrons. The lowest BCUT2D eigenvalue weighted by molar-refractivity contribution is 0.0342. The van der Waals surface area contributed by atoms with E-state index in [0.717, 1.165) is 49.5 Å². The van der Waals surface area contributed by atoms with Gasteiger partial charge >= 0.3 is 5.76 Å². The zero-order valence-electron chi connectivity index (χ0n) is 16.3. The lowest BCUT2D eigenvalue weighted by atomic mass is 10.0. The molecule has 3 aromatic rings. The van der Waals surface area contributed by atoms with E-state index in [2.05, 4.69) is 28.9 Å². The van der Waals surface area contributed by atoms with Crippen molar-refractivity contribution in [1.29, 1.82) is 0 Å². The summed E-state index contributed by atoms with van der Waals surface area (Å²) in [5, 5.41) is 0. The van der Waals surface area contributed by atoms with E-state index in [1.807, 2.05) is 29.2 Å². The second-order valence-electron chi connectivity index (χ2n) is 7.76. The van der Waals surface area contributed by atoms with Crippen LogP contribution in [0.4, 0.5) is 0 Å². The molecule has 7 nitrogen and oxygen atoms in total. The van der Waals surface area contributed by atoms with Crippen molar-refractivity contribution in [2.45, 2.75) is 26.1 Å². The largest absolute Gasteiger partial charge is 0.417 e. The molecule has 0 unspecified atom stereocenters. The third-order valence-electron chi connectivity index (χ3n) is 5.87. The zero-order chi connectivity index (χ0) is 20.0. The van der Waals surface area contributed by atoms with Gasteiger partial charge in [-0.3, -0.25) is 14.7 Å². The molecule has 5 rings (SSSR count). The second kappa shape index (κ2) is 7.17. The number of morpholine rings is 1. The molecular weight excluding hydrogens is 370 g/mol. The number of aromatic amines is 1. The van der Waals surface area contributed by atoms with Gasteiger partial charge < -0.3 is 14.1 Å². The maximum atomic E-state index is 13.0. The van der Waals surface area contributed by atoms with Crippen LogP contribution in [-0.2, 0) is 17.8 Å². The number of hydrogen-bond acceptors (Lipinski definition) is 5. The van der Waals surface area contributed by atoms with E-state index in [0.29, 0.717) is 17.6 Å². The van der Waals surface area contributed by atoms with Gasteiger partial charge in [0.05, 0.1) is 24.8 Å². The maximum Gasteiger partial charge on any atom is 0.417 e. The van der Waals surface area contributed by atoms with E-state index in [-0.39, 0.29) is 11.9 Å². The molecule has 0 aliphatic carbocycles. The smallest absolute Gasteiger partial charge is 0.408 e. The number of carbonyl (C=O) groups is 1. The highest BCUT2D eigenvalue weighted by atomic mass is 16.5. The first-order valence-electron chi connectivity index (χ1n) is 9.94. The Morgan fingerprint density at radius 3 is 2.62 bits per heavy atom. The van der Waals surface area contributed by atoms with Crippen molar-refractivity contribution in [1.82, 2.24) is 14.8 Å². The predicted molar refractivity (Wildman–Crippen MR) is 108 cm³/mol. The number of carbonyl (C=O) groups excluding carboxylic acids is 1. The number of amides is 1. The first-order valence-corrected chi connectivity index (χ1v) is 9.94. The molecule has 2 aliphatic heterocycles. The SMILES string of the molecule is C[C@@H]1c2cc(CN3CCOCC3)ccc2C(=O)N1Cc1ccc2[nH]c(=O)oc2c1. The molecule has 2 aliphatic rings. The molecule has 0 saturated carbocycles. The van der Waals surface area contributed by atoms with Gasteiger partial charge in [0.25, 0.3) is 5.91 Å². The Morgan fingerprint density at radius 1 is 1.03 bits per heavy atom. The molecule has 1 saturated heterocycles. The van der Waals surface area contributed by atoms with E-state index in [9.17, 15) is 9.59 Å². The van der Waals surface area contributed by atoms with Crippen LogP contribution in [0.15, 0.2) is 45.6 Å². The van der Waals surface area contributed by atoms with Gasteiger partial charge in [-0.1, -0.05) is 18.2 Å². The highest BCUT2D eigenvalue weighted by Crippen LogP contribution is 2.35. The molecule has 29 heavy (non-hydrogen) atoms. The van der Waals surface area contributed by atoms with Crippen LogP contribution in [0.5, 0.6) is 0 Å². The lowest BCUT2D eigenvalue weighted by Gasteiger charge is -2.26. The minimum atomic E-state index is -0.469. The van der Waals surface area contributed by atoms with Gasteiger partial charge in [-0.15, -0.1) is 0 Å². The summed E-state index contributed by atoms with van der Waals surface area (Å²) in [4.78, 5) is 31.3. The van der Waals surface area contributed by atoms with Crippen molar-refractivity contribution in [3.8, 4) is 0 Å². The molecule has 1 N–H and O–H groups in total. The Kier molecular flexibility index (Phi) is 4.49. The summed E-state index contributed by atoms with van der Waals surface area (Å²) in [5.74, 6) is -0.427. The summed E-state index contributed by atoms with van der Waals surface area (Å²) < 4.78 is 10.6. The van der Waals surface area contributed by atoms with Crippen LogP contribution < -0.4 is 5.76 Å². The van der Waals surface area contributed by atoms with Gasteiger partial charge in [0.2, 0.25) is 0 Å². The average molecular weight is 393 g/mol. The van der Waals surface area contributed by atoms with E-state index >= 15 is 0 Å². The quantitative estimate of drug-likeness (QED) is 0.737. The number of H-pyrrole nitrogens is 1. The van der Waals surface area contributed by atoms with Crippen LogP contribution >= 0.6 is 0 Å². The average Bonchev–Trinajstić information content (AvgIpc) is 3.20. The van der Waals surface area contributed by atoms with Crippen molar-refractivity contribution >= 4 is 17.0 Å². The number of oxazole rings is 1. The molecule has 1 atom stereocenters. The summed E-state index contributed by atoms with van der Waals surface area (Å²) in [6.07, 6.45) is 0. The first-order chi connectivity index (χ1) is 14.1. The van der Waals surface area contributed by atoms with E-state index in [1.165, 1.54) is 5.56 Å². The van der Waals surface area contributed by atoms with Gasteiger partial charge in [-0.2, -0.15) is 0 Å². The Morgan fingerprint density at radius 2 is 1.79 bits per heavy atom. The van der Waals surface area contributed by atoms with Crippen LogP contribution in [0.2, 0.25) is 0 Å². The standard InChI is InChI=1S/C22H23N3O4/c1-14-18-10-15(12-24-6-8-28-9-7-24)2-4-17(18)21(26)25(14)13-16-3-5-19-20(11-16)29-22(27)23-19/h2-5,10-11,14H,6-9,12-13H2,1H3,(H,23,27)/t14-/m1/s1. The van der Waals surface area contributed by atoms with Crippen LogP contribution in [0.25, 0.3) is 11.1 Å². The van der Waals surface area contributed by atoms with Crippen molar-refractivity contribution in [3.63, 3.8) is 0 Å². The fourth-order valence-electron chi connectivity index (χ4n) is 4.26. The molecule has 150 valence electrons. The first kappa shape index (κ1) is 18.1. The van der Waals surface area contributed by atoms with Gasteiger partial charge in [-0.05, 0) is 41.8 Å². The Bertz CT molecular complexity index is 1130. The summed E-state index contributed by atoms with van der Waals surface area (Å²) >= 11 is 0. The zero-order valence-corrected chi connectivity index (χ0v) is 16.3. The van der Waals surface area contributed by atoms with Gasteiger partial charge in [0.1, 0.15) is 0 Å². The molecule has 1 fully saturated rings. The highest BCUT2D eigenvalue weighted by Gasteiger charge is 2.34. The number of ether oxygens (including phenoxy) is 1. The third kappa shape index (κ3) is 3.36. The molecule has 2 aromatic carbocycles. The fraction of sp³-hybridized carbons (Fsp3) is 0.364. The highest BCUT2D eigenvalue weighted by molar-refractivity contribution is 5.99. The topological polar surface area (TPSA) is 78.8 Å². The molecule has 0 bridgehead atoms. The number of hydrogen-bond donors (Lipinski definition) is 1. The second-order valence-corrected chi connectivity index (χ2v) is 7.76. The van der Waals surface area contributed by atoms with Crippen LogP contribution in [0, 0.1) is 0 Å². The summed E-state index contributed by atoms with van der Waals surface area (Å²) in [5.41, 5.74) is 5.18. The number of rotatable bonds is 4. The van der Waals surface area contributed by atoms with Gasteiger partial charge in [0.15, 0.2) is 5.58 Å². The molecule has 1 aromatic heterocycles. The molecule has 7 heteroatoms. The summed E-state index contributed by atoms with van der Waals surface area (Å²) in [7, 11) is 0. The van der Waals surface area contributed by atoms with E-state index in [4.69, 9.17) is 9.15 Å². The molecule has 3 heterocycles.